The van der Waals surface area contributed by atoms with Crippen molar-refractivity contribution in [3.05, 3.63) is 42.5 Å². The number of carbonyl (C=O) groups is 2. The number of ketones is 1. The molecule has 49 heavy (non-hydrogen) atoms. The van der Waals surface area contributed by atoms with Crippen LogP contribution in [0.5, 0.6) is 0 Å². The van der Waals surface area contributed by atoms with E-state index in [1.807, 2.05) is 12.1 Å². The highest BCUT2D eigenvalue weighted by Gasteiger charge is 2.62. The topological polar surface area (TPSA) is 77.3 Å². The summed E-state index contributed by atoms with van der Waals surface area (Å²) in [6.45, 7) is 16.5. The second-order valence-electron chi connectivity index (χ2n) is 17.3. The predicted molar refractivity (Wildman–Crippen MR) is 197 cm³/mol. The van der Waals surface area contributed by atoms with Gasteiger partial charge in [-0.1, -0.05) is 66.9 Å². The van der Waals surface area contributed by atoms with Gasteiger partial charge in [-0.25, -0.2) is 4.79 Å². The lowest BCUT2D eigenvalue weighted by Gasteiger charge is -2.62. The number of ether oxygens (including phenoxy) is 1. The van der Waals surface area contributed by atoms with E-state index in [4.69, 9.17) is 9.57 Å². The quantitative estimate of drug-likeness (QED) is 0.0542. The first-order valence-corrected chi connectivity index (χ1v) is 20.1. The molecule has 4 saturated carbocycles. The summed E-state index contributed by atoms with van der Waals surface area (Å²) in [5.41, 5.74) is 1.76. The molecule has 0 amide bonds. The monoisotopic (exact) mass is 675 g/mol. The summed E-state index contributed by atoms with van der Waals surface area (Å²) in [6.07, 6.45) is 21.3. The number of allylic oxidation sites excluding steroid dienone is 1. The molecule has 0 saturated heterocycles. The predicted octanol–water partition coefficient (Wildman–Crippen LogP) is 12.1. The Labute approximate surface area is 297 Å². The van der Waals surface area contributed by atoms with Crippen molar-refractivity contribution in [2.24, 2.45) is 62.6 Å². The minimum absolute atomic E-state index is 0.0155. The van der Waals surface area contributed by atoms with Gasteiger partial charge in [0.1, 0.15) is 12.7 Å². The molecule has 6 nitrogen and oxygen atoms in total. The zero-order valence-corrected chi connectivity index (χ0v) is 31.5. The average molecular weight is 675 g/mol. The molecule has 272 valence electrons. The molecule has 4 aliphatic rings. The van der Waals surface area contributed by atoms with Crippen LogP contribution in [0.1, 0.15) is 154 Å². The van der Waals surface area contributed by atoms with Gasteiger partial charge < -0.3 is 9.57 Å². The van der Waals surface area contributed by atoms with Crippen LogP contribution in [0, 0.1) is 52.3 Å². The Kier molecular flexibility index (Phi) is 13.2. The summed E-state index contributed by atoms with van der Waals surface area (Å²) in [7, 11) is 0. The molecule has 0 radical (unpaired) electrons. The van der Waals surface area contributed by atoms with Crippen LogP contribution in [0.25, 0.3) is 0 Å². The van der Waals surface area contributed by atoms with Crippen molar-refractivity contribution in [3.8, 4) is 0 Å². The summed E-state index contributed by atoms with van der Waals surface area (Å²) in [6, 6.07) is 7.23. The molecule has 0 aliphatic heterocycles. The van der Waals surface area contributed by atoms with Crippen molar-refractivity contribution < 1.29 is 19.2 Å². The zero-order valence-electron chi connectivity index (χ0n) is 31.5. The normalized spacial score (nSPS) is 33.0. The van der Waals surface area contributed by atoms with E-state index < -0.39 is 0 Å². The number of rotatable bonds is 17. The van der Waals surface area contributed by atoms with Gasteiger partial charge in [0.05, 0.1) is 11.3 Å². The van der Waals surface area contributed by atoms with Crippen molar-refractivity contribution in [1.82, 2.24) is 0 Å². The molecule has 0 bridgehead atoms. The van der Waals surface area contributed by atoms with Gasteiger partial charge in [-0.05, 0) is 154 Å². The first-order chi connectivity index (χ1) is 23.6. The largest absolute Gasteiger partial charge is 0.458 e. The fourth-order valence-corrected chi connectivity index (χ4v) is 11.4. The van der Waals surface area contributed by atoms with E-state index in [2.05, 4.69) is 51.6 Å². The third-order valence-electron chi connectivity index (χ3n) is 14.1. The van der Waals surface area contributed by atoms with Gasteiger partial charge in [0.2, 0.25) is 0 Å². The second-order valence-corrected chi connectivity index (χ2v) is 17.3. The summed E-state index contributed by atoms with van der Waals surface area (Å²) in [5, 5.41) is 8.03. The van der Waals surface area contributed by atoms with Gasteiger partial charge in [0.25, 0.3) is 0 Å². The Morgan fingerprint density at radius 3 is 2.43 bits per heavy atom. The van der Waals surface area contributed by atoms with E-state index in [-0.39, 0.29) is 23.3 Å². The molecule has 0 N–H and O–H groups in total. The van der Waals surface area contributed by atoms with E-state index in [1.54, 1.807) is 12.1 Å². The maximum Gasteiger partial charge on any atom is 0.338 e. The maximum absolute atomic E-state index is 13.6. The highest BCUT2D eigenvalue weighted by Crippen LogP contribution is 2.68. The summed E-state index contributed by atoms with van der Waals surface area (Å²) in [5.74, 6) is 5.29. The lowest BCUT2D eigenvalue weighted by atomic mass is 9.44. The van der Waals surface area contributed by atoms with Crippen LogP contribution in [-0.4, -0.2) is 24.5 Å². The second kappa shape index (κ2) is 17.1. The first-order valence-electron chi connectivity index (χ1n) is 20.1. The lowest BCUT2D eigenvalue weighted by Crippen LogP contribution is -2.58. The third kappa shape index (κ3) is 8.70. The molecular formula is C43H66N2O4. The fraction of sp³-hybridized carbons (Fsp3) is 0.767. The number of hydrogen-bond donors (Lipinski definition) is 0. The highest BCUT2D eigenvalue weighted by molar-refractivity contribution is 5.90. The number of hydrogen-bond acceptors (Lipinski definition) is 6. The van der Waals surface area contributed by atoms with E-state index in [0.717, 1.165) is 68.1 Å². The minimum Gasteiger partial charge on any atom is -0.458 e. The van der Waals surface area contributed by atoms with Crippen LogP contribution in [0.2, 0.25) is 0 Å². The van der Waals surface area contributed by atoms with Crippen LogP contribution >= 0.6 is 0 Å². The molecule has 4 fully saturated rings. The zero-order chi connectivity index (χ0) is 35.0. The molecule has 0 heterocycles. The van der Waals surface area contributed by atoms with Gasteiger partial charge in [0, 0.05) is 17.1 Å². The number of carbonyl (C=O) groups excluding carboxylic acids is 2. The minimum atomic E-state index is -0.208. The van der Waals surface area contributed by atoms with Crippen LogP contribution in [0.3, 0.4) is 0 Å². The van der Waals surface area contributed by atoms with Crippen LogP contribution in [0.4, 0.5) is 5.69 Å². The molecule has 1 unspecified atom stereocenters. The van der Waals surface area contributed by atoms with Crippen molar-refractivity contribution in [2.45, 2.75) is 150 Å². The molecule has 6 heteroatoms. The molecule has 5 rings (SSSR count). The SMILES string of the molecule is C=CC(=O)CCCCCCON=Nc1ccc(C(=O)OC2CCC[C@@H]3CC[C@@H]4[C@@H]5CC[C@@H]([C@@H](C)CCCC(C)C)[C@@]5(C)CC[C@@H]4[C@@]23C)cc1. The van der Waals surface area contributed by atoms with Gasteiger partial charge in [-0.2, -0.15) is 0 Å². The Morgan fingerprint density at radius 2 is 1.67 bits per heavy atom. The Hall–Kier alpha value is -2.50. The van der Waals surface area contributed by atoms with Crippen molar-refractivity contribution in [1.29, 1.82) is 0 Å². The van der Waals surface area contributed by atoms with Gasteiger partial charge in [-0.3, -0.25) is 4.79 Å². The molecule has 0 aromatic heterocycles. The molecule has 9 atom stereocenters. The van der Waals surface area contributed by atoms with Crippen molar-refractivity contribution in [2.75, 3.05) is 6.61 Å². The van der Waals surface area contributed by atoms with E-state index in [0.29, 0.717) is 41.5 Å². The molecule has 1 aromatic carbocycles. The Bertz CT molecular complexity index is 1270. The highest BCUT2D eigenvalue weighted by atomic mass is 16.6. The first kappa shape index (κ1) is 37.7. The number of unbranched alkanes of at least 4 members (excludes halogenated alkanes) is 3. The number of esters is 1. The smallest absolute Gasteiger partial charge is 0.338 e. The Morgan fingerprint density at radius 1 is 0.898 bits per heavy atom. The third-order valence-corrected chi connectivity index (χ3v) is 14.1. The fourth-order valence-electron chi connectivity index (χ4n) is 11.4. The standard InChI is InChI=1S/C43H66N2O4/c1-7-35(46)17-10-8-9-11-29-48-45-44-34-22-19-32(20-23-34)41(47)49-40-18-13-16-33-21-24-36-38-26-25-37(31(4)15-12-14-30(2)3)42(38,5)28-27-39(36)43(33,40)6/h7,19-20,22-23,30-31,33,36-40H,1,8-18,21,24-29H2,2-6H3/t31-,33+,36+,37-,38-,39-,40?,42+,43-/m0/s1. The number of nitrogens with zero attached hydrogens (tertiary/aromatic N) is 2. The van der Waals surface area contributed by atoms with Crippen LogP contribution in [-0.2, 0) is 14.4 Å². The van der Waals surface area contributed by atoms with E-state index >= 15 is 0 Å². The molecular weight excluding hydrogens is 608 g/mol. The maximum atomic E-state index is 13.6. The molecule has 0 spiro atoms. The van der Waals surface area contributed by atoms with Gasteiger partial charge >= 0.3 is 5.97 Å². The summed E-state index contributed by atoms with van der Waals surface area (Å²) in [4.78, 5) is 30.2. The molecule has 4 aliphatic carbocycles. The van der Waals surface area contributed by atoms with E-state index in [1.165, 1.54) is 70.3 Å². The van der Waals surface area contributed by atoms with Gasteiger partial charge in [-0.15, -0.1) is 5.11 Å². The number of benzene rings is 1. The summed E-state index contributed by atoms with van der Waals surface area (Å²) < 4.78 is 6.53. The number of fused-ring (bicyclic) bond motifs is 5. The van der Waals surface area contributed by atoms with Crippen molar-refractivity contribution >= 4 is 17.4 Å². The van der Waals surface area contributed by atoms with Crippen molar-refractivity contribution in [3.63, 3.8) is 0 Å². The molecule has 1 aromatic rings. The van der Waals surface area contributed by atoms with Crippen LogP contribution in [0.15, 0.2) is 47.3 Å². The average Bonchev–Trinajstić information content (AvgIpc) is 3.45. The Balaban J connectivity index is 1.15. The summed E-state index contributed by atoms with van der Waals surface area (Å²) >= 11 is 0. The van der Waals surface area contributed by atoms with E-state index in [9.17, 15) is 9.59 Å². The lowest BCUT2D eigenvalue weighted by molar-refractivity contribution is -0.166. The van der Waals surface area contributed by atoms with Gasteiger partial charge in [0.15, 0.2) is 5.78 Å². The van der Waals surface area contributed by atoms with Crippen LogP contribution < -0.4 is 0 Å².